The average Bonchev–Trinajstić information content (AvgIpc) is 2.88. The summed E-state index contributed by atoms with van der Waals surface area (Å²) in [5.74, 6) is 0.412. The lowest BCUT2D eigenvalue weighted by molar-refractivity contribution is -0.142. The van der Waals surface area contributed by atoms with Crippen LogP contribution in [0.5, 0.6) is 5.75 Å². The van der Waals surface area contributed by atoms with Crippen LogP contribution in [0, 0.1) is 0 Å². The Kier molecular flexibility index (Phi) is 4.66. The molecule has 1 fully saturated rings. The second-order valence-electron chi connectivity index (χ2n) is 4.58. The lowest BCUT2D eigenvalue weighted by Gasteiger charge is -2.14. The van der Waals surface area contributed by atoms with Gasteiger partial charge in [0.25, 0.3) is 0 Å². The number of aryl methyl sites for hydroxylation is 1. The Labute approximate surface area is 118 Å². The van der Waals surface area contributed by atoms with Gasteiger partial charge in [0.2, 0.25) is 0 Å². The number of halogens is 1. The third-order valence-corrected chi connectivity index (χ3v) is 3.57. The molecule has 0 bridgehead atoms. The van der Waals surface area contributed by atoms with Crippen LogP contribution >= 0.6 is 11.6 Å². The molecule has 2 atom stereocenters. The summed E-state index contributed by atoms with van der Waals surface area (Å²) in [7, 11) is 1.39. The van der Waals surface area contributed by atoms with Crippen LogP contribution in [-0.2, 0) is 16.0 Å². The fourth-order valence-corrected chi connectivity index (χ4v) is 2.40. The molecule has 1 aliphatic heterocycles. The molecule has 2 unspecified atom stereocenters. The monoisotopic (exact) mass is 283 g/mol. The molecule has 1 aliphatic rings. The quantitative estimate of drug-likeness (QED) is 0.861. The zero-order valence-corrected chi connectivity index (χ0v) is 11.9. The summed E-state index contributed by atoms with van der Waals surface area (Å²) in [6.07, 6.45) is 1.47. The summed E-state index contributed by atoms with van der Waals surface area (Å²) in [6.45, 7) is 2.69. The molecular weight excluding hydrogens is 266 g/mol. The van der Waals surface area contributed by atoms with E-state index in [4.69, 9.17) is 21.1 Å². The molecule has 0 radical (unpaired) electrons. The molecule has 19 heavy (non-hydrogen) atoms. The maximum absolute atomic E-state index is 11.4. The normalized spacial score (nSPS) is 22.3. The molecule has 1 heterocycles. The number of nitrogens with one attached hydrogen (secondary N) is 1. The number of esters is 1. The van der Waals surface area contributed by atoms with Crippen molar-refractivity contribution >= 4 is 17.6 Å². The number of hydrogen-bond acceptors (Lipinski definition) is 4. The number of carbonyl (C=O) groups excluding carboxylic acids is 1. The van der Waals surface area contributed by atoms with Crippen LogP contribution in [0.2, 0.25) is 5.02 Å². The molecule has 0 aliphatic carbocycles. The van der Waals surface area contributed by atoms with Gasteiger partial charge in [-0.05, 0) is 24.1 Å². The highest BCUT2D eigenvalue weighted by molar-refractivity contribution is 6.32. The molecule has 1 aromatic carbocycles. The summed E-state index contributed by atoms with van der Waals surface area (Å²) in [5.41, 5.74) is 1.18. The fourth-order valence-electron chi connectivity index (χ4n) is 2.15. The van der Waals surface area contributed by atoms with Gasteiger partial charge in [0.05, 0.1) is 12.1 Å². The van der Waals surface area contributed by atoms with Gasteiger partial charge in [-0.15, -0.1) is 0 Å². The molecule has 104 valence electrons. The number of hydrogen-bond donors (Lipinski definition) is 1. The van der Waals surface area contributed by atoms with Crippen molar-refractivity contribution in [3.05, 3.63) is 28.8 Å². The first-order valence-corrected chi connectivity index (χ1v) is 6.78. The standard InChI is InChI=1S/C14H18ClNO3/c1-3-9-4-5-13(11(15)6-9)19-10-7-12(16-8-10)14(17)18-2/h4-6,10,12,16H,3,7-8H2,1-2H3. The van der Waals surface area contributed by atoms with Crippen molar-refractivity contribution in [2.45, 2.75) is 31.9 Å². The number of rotatable bonds is 4. The largest absolute Gasteiger partial charge is 0.487 e. The van der Waals surface area contributed by atoms with Crippen LogP contribution in [-0.4, -0.2) is 31.8 Å². The predicted molar refractivity (Wildman–Crippen MR) is 73.7 cm³/mol. The van der Waals surface area contributed by atoms with Gasteiger partial charge in [-0.3, -0.25) is 4.79 Å². The van der Waals surface area contributed by atoms with Crippen LogP contribution in [0.4, 0.5) is 0 Å². The number of methoxy groups -OCH3 is 1. The van der Waals surface area contributed by atoms with Gasteiger partial charge in [0, 0.05) is 13.0 Å². The lowest BCUT2D eigenvalue weighted by atomic mass is 10.1. The molecule has 4 nitrogen and oxygen atoms in total. The molecular formula is C14H18ClNO3. The Hall–Kier alpha value is -1.26. The first-order chi connectivity index (χ1) is 9.13. The molecule has 1 N–H and O–H groups in total. The highest BCUT2D eigenvalue weighted by Crippen LogP contribution is 2.28. The lowest BCUT2D eigenvalue weighted by Crippen LogP contribution is -2.31. The molecule has 5 heteroatoms. The van der Waals surface area contributed by atoms with Crippen molar-refractivity contribution in [3.8, 4) is 5.75 Å². The Balaban J connectivity index is 1.97. The van der Waals surface area contributed by atoms with Crippen LogP contribution < -0.4 is 10.1 Å². The number of benzene rings is 1. The Bertz CT molecular complexity index is 464. The minimum atomic E-state index is -0.288. The van der Waals surface area contributed by atoms with Gasteiger partial charge in [-0.2, -0.15) is 0 Å². The topological polar surface area (TPSA) is 47.6 Å². The van der Waals surface area contributed by atoms with Gasteiger partial charge >= 0.3 is 5.97 Å². The summed E-state index contributed by atoms with van der Waals surface area (Å²) >= 11 is 6.18. The average molecular weight is 284 g/mol. The van der Waals surface area contributed by atoms with E-state index in [-0.39, 0.29) is 18.1 Å². The molecule has 2 rings (SSSR count). The molecule has 1 aromatic rings. The Morgan fingerprint density at radius 2 is 2.32 bits per heavy atom. The van der Waals surface area contributed by atoms with Crippen LogP contribution in [0.3, 0.4) is 0 Å². The van der Waals surface area contributed by atoms with Gasteiger partial charge in [-0.1, -0.05) is 24.6 Å². The van der Waals surface area contributed by atoms with Crippen molar-refractivity contribution in [2.75, 3.05) is 13.7 Å². The van der Waals surface area contributed by atoms with Crippen LogP contribution in [0.15, 0.2) is 18.2 Å². The van der Waals surface area contributed by atoms with E-state index in [1.807, 2.05) is 18.2 Å². The maximum Gasteiger partial charge on any atom is 0.323 e. The SMILES string of the molecule is CCc1ccc(OC2CNC(C(=O)OC)C2)c(Cl)c1. The van der Waals surface area contributed by atoms with Crippen LogP contribution in [0.25, 0.3) is 0 Å². The summed E-state index contributed by atoms with van der Waals surface area (Å²) in [5, 5.41) is 3.69. The maximum atomic E-state index is 11.4. The van der Waals surface area contributed by atoms with E-state index in [0.717, 1.165) is 6.42 Å². The highest BCUT2D eigenvalue weighted by Gasteiger charge is 2.31. The number of carbonyl (C=O) groups is 1. The first kappa shape index (κ1) is 14.2. The minimum Gasteiger partial charge on any atom is -0.487 e. The predicted octanol–water partition coefficient (Wildman–Crippen LogP) is 2.18. The van der Waals surface area contributed by atoms with E-state index >= 15 is 0 Å². The van der Waals surface area contributed by atoms with Gasteiger partial charge in [0.1, 0.15) is 17.9 Å². The summed E-state index contributed by atoms with van der Waals surface area (Å²) in [6, 6.07) is 5.51. The van der Waals surface area contributed by atoms with Gasteiger partial charge < -0.3 is 14.8 Å². The second kappa shape index (κ2) is 6.26. The third kappa shape index (κ3) is 3.39. The zero-order chi connectivity index (χ0) is 13.8. The highest BCUT2D eigenvalue weighted by atomic mass is 35.5. The number of ether oxygens (including phenoxy) is 2. The molecule has 0 amide bonds. The minimum absolute atomic E-state index is 0.0610. The fraction of sp³-hybridized carbons (Fsp3) is 0.500. The van der Waals surface area contributed by atoms with Crippen molar-refractivity contribution in [1.29, 1.82) is 0 Å². The molecule has 0 aromatic heterocycles. The molecule has 0 saturated carbocycles. The Morgan fingerprint density at radius 3 is 2.95 bits per heavy atom. The second-order valence-corrected chi connectivity index (χ2v) is 4.99. The smallest absolute Gasteiger partial charge is 0.323 e. The van der Waals surface area contributed by atoms with Gasteiger partial charge in [-0.25, -0.2) is 0 Å². The van der Waals surface area contributed by atoms with Crippen molar-refractivity contribution in [3.63, 3.8) is 0 Å². The van der Waals surface area contributed by atoms with E-state index in [0.29, 0.717) is 23.7 Å². The molecule has 0 spiro atoms. The van der Waals surface area contributed by atoms with Crippen molar-refractivity contribution < 1.29 is 14.3 Å². The molecule has 1 saturated heterocycles. The van der Waals surface area contributed by atoms with E-state index in [1.54, 1.807) is 0 Å². The zero-order valence-electron chi connectivity index (χ0n) is 11.1. The first-order valence-electron chi connectivity index (χ1n) is 6.40. The van der Waals surface area contributed by atoms with Crippen LogP contribution in [0.1, 0.15) is 18.9 Å². The van der Waals surface area contributed by atoms with Gasteiger partial charge in [0.15, 0.2) is 0 Å². The van der Waals surface area contributed by atoms with E-state index < -0.39 is 0 Å². The summed E-state index contributed by atoms with van der Waals surface area (Å²) in [4.78, 5) is 11.4. The Morgan fingerprint density at radius 1 is 1.53 bits per heavy atom. The summed E-state index contributed by atoms with van der Waals surface area (Å²) < 4.78 is 10.5. The van der Waals surface area contributed by atoms with Crippen molar-refractivity contribution in [2.24, 2.45) is 0 Å². The third-order valence-electron chi connectivity index (χ3n) is 3.27. The van der Waals surface area contributed by atoms with E-state index in [1.165, 1.54) is 12.7 Å². The van der Waals surface area contributed by atoms with Crippen molar-refractivity contribution in [1.82, 2.24) is 5.32 Å². The van der Waals surface area contributed by atoms with E-state index in [2.05, 4.69) is 12.2 Å². The van der Waals surface area contributed by atoms with E-state index in [9.17, 15) is 4.79 Å².